The molecule has 0 spiro atoms. The van der Waals surface area contributed by atoms with E-state index in [-0.39, 0.29) is 4.76 Å². The summed E-state index contributed by atoms with van der Waals surface area (Å²) in [6, 6.07) is 0. The summed E-state index contributed by atoms with van der Waals surface area (Å²) in [5.41, 5.74) is 0. The second-order valence-corrected chi connectivity index (χ2v) is 6.63. The molecule has 0 N–H and O–H groups in total. The van der Waals surface area contributed by atoms with E-state index < -0.39 is 0 Å². The van der Waals surface area contributed by atoms with Crippen LogP contribution in [0.4, 0.5) is 0 Å². The van der Waals surface area contributed by atoms with Gasteiger partial charge in [-0.2, -0.15) is 0 Å². The van der Waals surface area contributed by atoms with Crippen LogP contribution in [0, 0.1) is 0 Å². The minimum Gasteiger partial charge on any atom is -0.322 e. The summed E-state index contributed by atoms with van der Waals surface area (Å²) in [5, 5.41) is 0. The van der Waals surface area contributed by atoms with E-state index in [9.17, 15) is 0 Å². The van der Waals surface area contributed by atoms with Crippen LogP contribution in [0.25, 0.3) is 0 Å². The lowest BCUT2D eigenvalue weighted by Gasteiger charge is -2.18. The predicted octanol–water partition coefficient (Wildman–Crippen LogP) is 1.08. The Bertz CT molecular complexity index is 176. The summed E-state index contributed by atoms with van der Waals surface area (Å²) in [7, 11) is 8.01. The van der Waals surface area contributed by atoms with Crippen LogP contribution >= 0.6 is 27.7 Å². The van der Waals surface area contributed by atoms with Gasteiger partial charge in [-0.3, -0.25) is 0 Å². The molecule has 1 heterocycles. The van der Waals surface area contributed by atoms with Crippen LogP contribution in [0.1, 0.15) is 0 Å². The molecular weight excluding hydrogens is 169 g/mol. The highest BCUT2D eigenvalue weighted by atomic mass is 31.1. The number of nitrogens with zero attached hydrogens (tertiary/aromatic N) is 2. The van der Waals surface area contributed by atoms with Crippen molar-refractivity contribution in [3.8, 4) is 0 Å². The lowest BCUT2D eigenvalue weighted by Crippen LogP contribution is -2.06. The molecule has 3 atom stereocenters. The molecule has 1 aromatic rings. The maximum atomic E-state index is 3.91. The molecule has 5 heteroatoms. The molecule has 0 bridgehead atoms. The number of aromatic nitrogens is 2. The van der Waals surface area contributed by atoms with Gasteiger partial charge in [0.05, 0.1) is 11.1 Å². The van der Waals surface area contributed by atoms with E-state index in [1.807, 2.05) is 10.8 Å². The monoisotopic (exact) mass is 178 g/mol. The van der Waals surface area contributed by atoms with Gasteiger partial charge in [0, 0.05) is 12.4 Å². The molecule has 2 nitrogen and oxygen atoms in total. The standard InChI is InChI=1S/C4H9N2P3/c7-4(8,9)6-2-1-5-3-6/h1-3H,7-9H2. The molecule has 50 valence electrons. The van der Waals surface area contributed by atoms with Gasteiger partial charge >= 0.3 is 0 Å². The highest BCUT2D eigenvalue weighted by Gasteiger charge is 2.10. The van der Waals surface area contributed by atoms with Crippen LogP contribution in [-0.2, 0) is 4.76 Å². The Morgan fingerprint density at radius 3 is 2.22 bits per heavy atom. The van der Waals surface area contributed by atoms with Crippen LogP contribution in [0.3, 0.4) is 0 Å². The average Bonchev–Trinajstić information content (AvgIpc) is 2.08. The number of hydrogen-bond acceptors (Lipinski definition) is 1. The first-order valence-electron chi connectivity index (χ1n) is 2.46. The molecule has 3 unspecified atom stereocenters. The zero-order valence-electron chi connectivity index (χ0n) is 4.86. The highest BCUT2D eigenvalue weighted by molar-refractivity contribution is 7.55. The quantitative estimate of drug-likeness (QED) is 0.588. The van der Waals surface area contributed by atoms with E-state index >= 15 is 0 Å². The van der Waals surface area contributed by atoms with Crippen molar-refractivity contribution in [3.63, 3.8) is 0 Å². The lowest BCUT2D eigenvalue weighted by atomic mass is 10.9. The molecule has 0 saturated heterocycles. The third-order valence-corrected chi connectivity index (χ3v) is 1.85. The summed E-state index contributed by atoms with van der Waals surface area (Å²) >= 11 is 0. The van der Waals surface area contributed by atoms with Crippen molar-refractivity contribution in [1.29, 1.82) is 0 Å². The molecule has 0 aliphatic rings. The summed E-state index contributed by atoms with van der Waals surface area (Å²) in [5.74, 6) is 0. The first kappa shape index (κ1) is 7.61. The maximum Gasteiger partial charge on any atom is 0.0959 e. The van der Waals surface area contributed by atoms with Crippen LogP contribution in [0.5, 0.6) is 0 Å². The molecular formula is C4H9N2P3. The molecule has 1 aromatic heterocycles. The summed E-state index contributed by atoms with van der Waals surface area (Å²) < 4.78 is 1.89. The Labute approximate surface area is 61.4 Å². The molecule has 0 saturated carbocycles. The van der Waals surface area contributed by atoms with Crippen molar-refractivity contribution in [1.82, 2.24) is 9.55 Å². The van der Waals surface area contributed by atoms with Crippen molar-refractivity contribution in [2.45, 2.75) is 4.76 Å². The molecule has 0 aliphatic heterocycles. The van der Waals surface area contributed by atoms with Crippen molar-refractivity contribution in [2.24, 2.45) is 0 Å². The number of imidazole rings is 1. The van der Waals surface area contributed by atoms with Crippen LogP contribution in [-0.4, -0.2) is 9.55 Å². The second kappa shape index (κ2) is 2.62. The van der Waals surface area contributed by atoms with Gasteiger partial charge in [-0.15, -0.1) is 27.7 Å². The van der Waals surface area contributed by atoms with Gasteiger partial charge in [0.15, 0.2) is 0 Å². The van der Waals surface area contributed by atoms with Gasteiger partial charge < -0.3 is 4.57 Å². The third kappa shape index (κ3) is 1.97. The molecule has 0 amide bonds. The fraction of sp³-hybridized carbons (Fsp3) is 0.250. The first-order valence-corrected chi connectivity index (χ1v) is 4.19. The van der Waals surface area contributed by atoms with Gasteiger partial charge in [-0.25, -0.2) is 4.98 Å². The molecule has 0 fully saturated rings. The molecule has 0 aromatic carbocycles. The van der Waals surface area contributed by atoms with Crippen molar-refractivity contribution in [2.75, 3.05) is 0 Å². The highest BCUT2D eigenvalue weighted by Crippen LogP contribution is 2.39. The first-order chi connectivity index (χ1) is 4.11. The Morgan fingerprint density at radius 2 is 2.00 bits per heavy atom. The SMILES string of the molecule is PC(P)(P)n1ccnc1. The van der Waals surface area contributed by atoms with E-state index in [1.165, 1.54) is 0 Å². The minimum atomic E-state index is -0.0729. The normalized spacial score (nSPS) is 11.9. The van der Waals surface area contributed by atoms with Gasteiger partial charge in [-0.1, -0.05) is 0 Å². The summed E-state index contributed by atoms with van der Waals surface area (Å²) in [4.78, 5) is 3.91. The van der Waals surface area contributed by atoms with E-state index in [2.05, 4.69) is 32.7 Å². The summed E-state index contributed by atoms with van der Waals surface area (Å²) in [6.07, 6.45) is 5.44. The van der Waals surface area contributed by atoms with E-state index in [0.29, 0.717) is 0 Å². The van der Waals surface area contributed by atoms with Gasteiger partial charge in [-0.05, 0) is 0 Å². The topological polar surface area (TPSA) is 17.8 Å². The molecule has 9 heavy (non-hydrogen) atoms. The van der Waals surface area contributed by atoms with E-state index in [4.69, 9.17) is 0 Å². The van der Waals surface area contributed by atoms with Gasteiger partial charge in [0.25, 0.3) is 0 Å². The van der Waals surface area contributed by atoms with E-state index in [1.54, 1.807) is 12.5 Å². The Kier molecular flexibility index (Phi) is 2.22. The zero-order chi connectivity index (χ0) is 6.91. The predicted molar refractivity (Wildman–Crippen MR) is 49.3 cm³/mol. The minimum absolute atomic E-state index is 0.0729. The van der Waals surface area contributed by atoms with Crippen molar-refractivity contribution < 1.29 is 0 Å². The zero-order valence-corrected chi connectivity index (χ0v) is 8.32. The lowest BCUT2D eigenvalue weighted by molar-refractivity contribution is 0.820. The number of rotatable bonds is 1. The van der Waals surface area contributed by atoms with Crippen LogP contribution < -0.4 is 0 Å². The Balaban J connectivity index is 2.90. The fourth-order valence-corrected chi connectivity index (χ4v) is 0.946. The summed E-state index contributed by atoms with van der Waals surface area (Å²) in [6.45, 7) is 0. The van der Waals surface area contributed by atoms with Crippen LogP contribution in [0.15, 0.2) is 18.7 Å². The van der Waals surface area contributed by atoms with Crippen molar-refractivity contribution in [3.05, 3.63) is 18.7 Å². The average molecular weight is 178 g/mol. The van der Waals surface area contributed by atoms with Gasteiger partial charge in [0.1, 0.15) is 0 Å². The fourth-order valence-electron chi connectivity index (χ4n) is 0.488. The molecule has 1 rings (SSSR count). The Hall–Kier alpha value is 0.500. The molecule has 0 aliphatic carbocycles. The smallest absolute Gasteiger partial charge is 0.0959 e. The van der Waals surface area contributed by atoms with Crippen LogP contribution in [0.2, 0.25) is 0 Å². The van der Waals surface area contributed by atoms with Gasteiger partial charge in [0.2, 0.25) is 0 Å². The molecule has 0 radical (unpaired) electrons. The maximum absolute atomic E-state index is 3.91. The van der Waals surface area contributed by atoms with E-state index in [0.717, 1.165) is 0 Å². The largest absolute Gasteiger partial charge is 0.322 e. The third-order valence-electron chi connectivity index (χ3n) is 0.952. The Morgan fingerprint density at radius 1 is 1.33 bits per heavy atom. The van der Waals surface area contributed by atoms with Crippen molar-refractivity contribution >= 4 is 27.7 Å². The second-order valence-electron chi connectivity index (χ2n) is 1.86. The number of hydrogen-bond donors (Lipinski definition) is 0.